The minimum absolute atomic E-state index is 0.0874. The van der Waals surface area contributed by atoms with E-state index in [0.29, 0.717) is 11.3 Å². The molecule has 1 heterocycles. The lowest BCUT2D eigenvalue weighted by molar-refractivity contribution is -0.159. The molecule has 188 valence electrons. The van der Waals surface area contributed by atoms with Gasteiger partial charge in [0.15, 0.2) is 0 Å². The molecule has 0 aliphatic carbocycles. The van der Waals surface area contributed by atoms with Crippen molar-refractivity contribution in [2.45, 2.75) is 33.2 Å². The van der Waals surface area contributed by atoms with Crippen molar-refractivity contribution >= 4 is 22.6 Å². The van der Waals surface area contributed by atoms with Gasteiger partial charge >= 0.3 is 18.2 Å². The SMILES string of the molecule is CCN(CC)Cc1ccc2cc(COC(=O)Nc3ccc(-c4noc(C(F)(F)F)n4)cc3)ccc2c1. The Kier molecular flexibility index (Phi) is 7.54. The highest BCUT2D eigenvalue weighted by molar-refractivity contribution is 5.85. The molecule has 1 aromatic heterocycles. The first-order valence-corrected chi connectivity index (χ1v) is 11.4. The highest BCUT2D eigenvalue weighted by atomic mass is 19.4. The highest BCUT2D eigenvalue weighted by Gasteiger charge is 2.38. The molecule has 7 nitrogen and oxygen atoms in total. The van der Waals surface area contributed by atoms with Gasteiger partial charge in [-0.2, -0.15) is 18.2 Å². The lowest BCUT2D eigenvalue weighted by Crippen LogP contribution is -2.21. The average Bonchev–Trinajstić information content (AvgIpc) is 3.37. The van der Waals surface area contributed by atoms with Crippen LogP contribution in [0.3, 0.4) is 0 Å². The largest absolute Gasteiger partial charge is 0.471 e. The lowest BCUT2D eigenvalue weighted by Gasteiger charge is -2.18. The molecule has 0 aliphatic rings. The van der Waals surface area contributed by atoms with Crippen molar-refractivity contribution in [3.05, 3.63) is 77.7 Å². The first kappa shape index (κ1) is 25.2. The van der Waals surface area contributed by atoms with Gasteiger partial charge in [-0.25, -0.2) is 4.79 Å². The molecule has 1 amide bonds. The topological polar surface area (TPSA) is 80.5 Å². The van der Waals surface area contributed by atoms with E-state index in [1.54, 1.807) is 0 Å². The van der Waals surface area contributed by atoms with Crippen molar-refractivity contribution in [2.24, 2.45) is 0 Å². The molecule has 4 aromatic rings. The van der Waals surface area contributed by atoms with E-state index in [1.807, 2.05) is 18.2 Å². The van der Waals surface area contributed by atoms with Gasteiger partial charge < -0.3 is 9.26 Å². The number of alkyl halides is 3. The molecule has 0 radical (unpaired) electrons. The predicted octanol–water partition coefficient (Wildman–Crippen LogP) is 6.50. The number of hydrogen-bond donors (Lipinski definition) is 1. The molecule has 0 fully saturated rings. The number of hydrogen-bond acceptors (Lipinski definition) is 6. The minimum Gasteiger partial charge on any atom is -0.444 e. The van der Waals surface area contributed by atoms with Crippen molar-refractivity contribution in [1.29, 1.82) is 0 Å². The number of aromatic nitrogens is 2. The zero-order valence-corrected chi connectivity index (χ0v) is 19.8. The van der Waals surface area contributed by atoms with E-state index in [1.165, 1.54) is 29.8 Å². The van der Waals surface area contributed by atoms with Crippen LogP contribution in [0.4, 0.5) is 23.7 Å². The molecule has 0 bridgehead atoms. The van der Waals surface area contributed by atoms with Crippen LogP contribution in [0.25, 0.3) is 22.2 Å². The average molecular weight is 499 g/mol. The highest BCUT2D eigenvalue weighted by Crippen LogP contribution is 2.29. The molecule has 0 saturated carbocycles. The minimum atomic E-state index is -4.71. The first-order chi connectivity index (χ1) is 17.2. The Hall–Kier alpha value is -3.92. The molecule has 1 N–H and O–H groups in total. The number of carbonyl (C=O) groups excluding carboxylic acids is 1. The van der Waals surface area contributed by atoms with Crippen LogP contribution in [-0.2, 0) is 24.1 Å². The number of anilines is 1. The lowest BCUT2D eigenvalue weighted by atomic mass is 10.0. The maximum atomic E-state index is 12.6. The molecule has 0 spiro atoms. The molecular formula is C26H25F3N4O3. The summed E-state index contributed by atoms with van der Waals surface area (Å²) in [5, 5.41) is 8.10. The van der Waals surface area contributed by atoms with Crippen molar-refractivity contribution in [2.75, 3.05) is 18.4 Å². The van der Waals surface area contributed by atoms with Gasteiger partial charge in [-0.3, -0.25) is 10.2 Å². The summed E-state index contributed by atoms with van der Waals surface area (Å²) < 4.78 is 47.4. The van der Waals surface area contributed by atoms with E-state index < -0.39 is 18.2 Å². The third-order valence-corrected chi connectivity index (χ3v) is 5.70. The number of rotatable bonds is 8. The van der Waals surface area contributed by atoms with Gasteiger partial charge in [-0.1, -0.05) is 43.3 Å². The number of halogens is 3. The van der Waals surface area contributed by atoms with Crippen LogP contribution in [0.1, 0.15) is 30.9 Å². The number of carbonyl (C=O) groups is 1. The van der Waals surface area contributed by atoms with Crippen LogP contribution in [-0.4, -0.2) is 34.2 Å². The third-order valence-electron chi connectivity index (χ3n) is 5.70. The monoisotopic (exact) mass is 498 g/mol. The third kappa shape index (κ3) is 6.19. The molecule has 10 heteroatoms. The van der Waals surface area contributed by atoms with Crippen LogP contribution in [0.15, 0.2) is 65.2 Å². The van der Waals surface area contributed by atoms with Crippen molar-refractivity contribution in [3.63, 3.8) is 0 Å². The Balaban J connectivity index is 1.32. The van der Waals surface area contributed by atoms with E-state index in [2.05, 4.69) is 56.9 Å². The summed E-state index contributed by atoms with van der Waals surface area (Å²) >= 11 is 0. The fourth-order valence-electron chi connectivity index (χ4n) is 3.70. The Morgan fingerprint density at radius 1 is 0.972 bits per heavy atom. The van der Waals surface area contributed by atoms with Gasteiger partial charge in [-0.05, 0) is 71.4 Å². The van der Waals surface area contributed by atoms with Crippen LogP contribution < -0.4 is 5.32 Å². The number of fused-ring (bicyclic) bond motifs is 1. The zero-order valence-electron chi connectivity index (χ0n) is 19.8. The summed E-state index contributed by atoms with van der Waals surface area (Å²) in [6, 6.07) is 18.2. The fourth-order valence-corrected chi connectivity index (χ4v) is 3.70. The second-order valence-corrected chi connectivity index (χ2v) is 8.18. The van der Waals surface area contributed by atoms with E-state index in [-0.39, 0.29) is 12.4 Å². The second-order valence-electron chi connectivity index (χ2n) is 8.18. The number of amides is 1. The summed E-state index contributed by atoms with van der Waals surface area (Å²) in [7, 11) is 0. The molecule has 0 unspecified atom stereocenters. The van der Waals surface area contributed by atoms with Crippen LogP contribution in [0, 0.1) is 0 Å². The normalized spacial score (nSPS) is 11.7. The van der Waals surface area contributed by atoms with Gasteiger partial charge in [0.1, 0.15) is 6.61 Å². The Bertz CT molecular complexity index is 1330. The summed E-state index contributed by atoms with van der Waals surface area (Å²) in [5.74, 6) is -1.62. The van der Waals surface area contributed by atoms with Gasteiger partial charge in [-0.15, -0.1) is 0 Å². The first-order valence-electron chi connectivity index (χ1n) is 11.4. The number of nitrogens with one attached hydrogen (secondary N) is 1. The van der Waals surface area contributed by atoms with Gasteiger partial charge in [0.2, 0.25) is 5.82 Å². The number of ether oxygens (including phenoxy) is 1. The predicted molar refractivity (Wildman–Crippen MR) is 129 cm³/mol. The maximum Gasteiger partial charge on any atom is 0.471 e. The summed E-state index contributed by atoms with van der Waals surface area (Å²) in [5.41, 5.74) is 2.81. The van der Waals surface area contributed by atoms with Crippen LogP contribution in [0.2, 0.25) is 0 Å². The molecule has 0 saturated heterocycles. The van der Waals surface area contributed by atoms with Crippen molar-refractivity contribution < 1.29 is 27.2 Å². The summed E-state index contributed by atoms with van der Waals surface area (Å²) in [4.78, 5) is 17.9. The van der Waals surface area contributed by atoms with Crippen LogP contribution in [0.5, 0.6) is 0 Å². The zero-order chi connectivity index (χ0) is 25.7. The van der Waals surface area contributed by atoms with Crippen molar-refractivity contribution in [3.8, 4) is 11.4 Å². The Labute approximate surface area is 205 Å². The van der Waals surface area contributed by atoms with Gasteiger partial charge in [0, 0.05) is 17.8 Å². The van der Waals surface area contributed by atoms with Crippen molar-refractivity contribution in [1.82, 2.24) is 15.0 Å². The Morgan fingerprint density at radius 3 is 2.22 bits per heavy atom. The van der Waals surface area contributed by atoms with E-state index >= 15 is 0 Å². The molecular weight excluding hydrogens is 473 g/mol. The van der Waals surface area contributed by atoms with E-state index in [4.69, 9.17) is 4.74 Å². The molecule has 0 atom stereocenters. The molecule has 4 rings (SSSR count). The fraction of sp³-hybridized carbons (Fsp3) is 0.269. The smallest absolute Gasteiger partial charge is 0.444 e. The van der Waals surface area contributed by atoms with E-state index in [0.717, 1.165) is 36.0 Å². The number of nitrogens with zero attached hydrogens (tertiary/aromatic N) is 3. The van der Waals surface area contributed by atoms with Gasteiger partial charge in [0.25, 0.3) is 0 Å². The standard InChI is InChI=1S/C26H25F3N4O3/c1-3-33(4-2)15-17-5-7-21-14-18(6-8-20(21)13-17)16-35-25(34)30-22-11-9-19(10-12-22)23-31-24(36-32-23)26(27,28)29/h5-14H,3-4,15-16H2,1-2H3,(H,30,34). The quantitative estimate of drug-likeness (QED) is 0.299. The molecule has 0 aliphatic heterocycles. The number of benzene rings is 3. The Morgan fingerprint density at radius 2 is 1.61 bits per heavy atom. The van der Waals surface area contributed by atoms with Gasteiger partial charge in [0.05, 0.1) is 0 Å². The van der Waals surface area contributed by atoms with E-state index in [9.17, 15) is 18.0 Å². The molecule has 36 heavy (non-hydrogen) atoms. The van der Waals surface area contributed by atoms with Crippen LogP contribution >= 0.6 is 0 Å². The molecule has 3 aromatic carbocycles. The second kappa shape index (κ2) is 10.8. The maximum absolute atomic E-state index is 12.6. The summed E-state index contributed by atoms with van der Waals surface area (Å²) in [6.07, 6.45) is -5.37. The summed E-state index contributed by atoms with van der Waals surface area (Å²) in [6.45, 7) is 7.28.